The summed E-state index contributed by atoms with van der Waals surface area (Å²) in [7, 11) is 0. The Bertz CT molecular complexity index is 420. The van der Waals surface area contributed by atoms with Crippen LogP contribution in [0.4, 0.5) is 4.79 Å². The van der Waals surface area contributed by atoms with Crippen molar-refractivity contribution in [3.05, 3.63) is 0 Å². The van der Waals surface area contributed by atoms with E-state index in [1.54, 1.807) is 4.90 Å². The average molecular weight is 294 g/mol. The number of urea groups is 1. The van der Waals surface area contributed by atoms with E-state index < -0.39 is 11.4 Å². The van der Waals surface area contributed by atoms with Gasteiger partial charge in [0.2, 0.25) is 0 Å². The van der Waals surface area contributed by atoms with E-state index in [0.717, 1.165) is 38.1 Å². The minimum absolute atomic E-state index is 0.0666. The number of carboxylic acid groups (broad SMARTS) is 1. The lowest BCUT2D eigenvalue weighted by atomic mass is 9.81. The van der Waals surface area contributed by atoms with Gasteiger partial charge < -0.3 is 15.3 Å². The zero-order chi connectivity index (χ0) is 14.9. The van der Waals surface area contributed by atoms with Crippen LogP contribution in [0, 0.1) is 17.3 Å². The third kappa shape index (κ3) is 2.74. The van der Waals surface area contributed by atoms with E-state index in [1.807, 2.05) is 0 Å². The molecule has 2 saturated carbocycles. The van der Waals surface area contributed by atoms with Crippen LogP contribution in [0.3, 0.4) is 0 Å². The van der Waals surface area contributed by atoms with Crippen molar-refractivity contribution < 1.29 is 14.7 Å². The van der Waals surface area contributed by atoms with Crippen molar-refractivity contribution in [3.63, 3.8) is 0 Å². The second kappa shape index (κ2) is 5.85. The summed E-state index contributed by atoms with van der Waals surface area (Å²) in [6.45, 7) is 1.73. The minimum atomic E-state index is -0.716. The van der Waals surface area contributed by atoms with Gasteiger partial charge in [0.1, 0.15) is 0 Å². The third-order valence-corrected chi connectivity index (χ3v) is 5.89. The van der Waals surface area contributed by atoms with Crippen LogP contribution in [0.2, 0.25) is 0 Å². The highest BCUT2D eigenvalue weighted by Crippen LogP contribution is 2.48. The summed E-state index contributed by atoms with van der Waals surface area (Å²) >= 11 is 0. The van der Waals surface area contributed by atoms with Crippen LogP contribution in [0.25, 0.3) is 0 Å². The number of amides is 2. The maximum atomic E-state index is 12.2. The van der Waals surface area contributed by atoms with Crippen LogP contribution in [-0.4, -0.2) is 41.6 Å². The van der Waals surface area contributed by atoms with Gasteiger partial charge in [-0.1, -0.05) is 32.1 Å². The van der Waals surface area contributed by atoms with Gasteiger partial charge in [-0.05, 0) is 31.1 Å². The molecule has 2 atom stereocenters. The minimum Gasteiger partial charge on any atom is -0.481 e. The first-order valence-corrected chi connectivity index (χ1v) is 8.38. The van der Waals surface area contributed by atoms with Gasteiger partial charge >= 0.3 is 12.0 Å². The molecule has 1 saturated heterocycles. The SMILES string of the molecule is O=C(NCCC1CCCC1)N1C[C@@H]2CCC[C@@]2(C(=O)O)C1. The van der Waals surface area contributed by atoms with Crippen molar-refractivity contribution in [1.82, 2.24) is 10.2 Å². The van der Waals surface area contributed by atoms with Crippen LogP contribution in [-0.2, 0) is 4.79 Å². The lowest BCUT2D eigenvalue weighted by Gasteiger charge is -2.23. The number of fused-ring (bicyclic) bond motifs is 1. The summed E-state index contributed by atoms with van der Waals surface area (Å²) in [5.74, 6) is 0.204. The first kappa shape index (κ1) is 14.7. The van der Waals surface area contributed by atoms with Gasteiger partial charge in [0, 0.05) is 19.6 Å². The van der Waals surface area contributed by atoms with E-state index in [1.165, 1.54) is 25.7 Å². The average Bonchev–Trinajstić information content (AvgIpc) is 3.13. The third-order valence-electron chi connectivity index (χ3n) is 5.89. The molecule has 2 amide bonds. The predicted molar refractivity (Wildman–Crippen MR) is 79.0 cm³/mol. The zero-order valence-electron chi connectivity index (χ0n) is 12.6. The number of hydrogen-bond acceptors (Lipinski definition) is 2. The smallest absolute Gasteiger partial charge is 0.317 e. The van der Waals surface area contributed by atoms with Crippen molar-refractivity contribution in [3.8, 4) is 0 Å². The first-order valence-electron chi connectivity index (χ1n) is 8.38. The fourth-order valence-electron chi connectivity index (χ4n) is 4.59. The molecule has 1 aliphatic heterocycles. The molecule has 5 heteroatoms. The second-order valence-corrected chi connectivity index (χ2v) is 7.10. The molecule has 3 fully saturated rings. The summed E-state index contributed by atoms with van der Waals surface area (Å²) in [6, 6.07) is -0.0666. The first-order chi connectivity index (χ1) is 10.1. The monoisotopic (exact) mass is 294 g/mol. The fourth-order valence-corrected chi connectivity index (χ4v) is 4.59. The summed E-state index contributed by atoms with van der Waals surface area (Å²) < 4.78 is 0. The van der Waals surface area contributed by atoms with Crippen molar-refractivity contribution in [2.24, 2.45) is 17.3 Å². The van der Waals surface area contributed by atoms with Crippen molar-refractivity contribution in [2.75, 3.05) is 19.6 Å². The summed E-state index contributed by atoms with van der Waals surface area (Å²) in [6.07, 6.45) is 8.95. The number of carbonyl (C=O) groups excluding carboxylic acids is 1. The van der Waals surface area contributed by atoms with Crippen molar-refractivity contribution in [2.45, 2.75) is 51.4 Å². The molecule has 0 aromatic heterocycles. The van der Waals surface area contributed by atoms with E-state index in [4.69, 9.17) is 0 Å². The summed E-state index contributed by atoms with van der Waals surface area (Å²) in [5.41, 5.74) is -0.664. The van der Waals surface area contributed by atoms with E-state index in [9.17, 15) is 14.7 Å². The van der Waals surface area contributed by atoms with E-state index in [-0.39, 0.29) is 11.9 Å². The normalized spacial score (nSPS) is 32.4. The van der Waals surface area contributed by atoms with Gasteiger partial charge in [-0.3, -0.25) is 4.79 Å². The molecular weight excluding hydrogens is 268 g/mol. The quantitative estimate of drug-likeness (QED) is 0.837. The van der Waals surface area contributed by atoms with Crippen molar-refractivity contribution >= 4 is 12.0 Å². The largest absolute Gasteiger partial charge is 0.481 e. The molecule has 3 rings (SSSR count). The van der Waals surface area contributed by atoms with Crippen LogP contribution in [0.1, 0.15) is 51.4 Å². The van der Waals surface area contributed by atoms with Gasteiger partial charge in [0.05, 0.1) is 5.41 Å². The molecule has 2 aliphatic carbocycles. The molecule has 0 aromatic rings. The van der Waals surface area contributed by atoms with Crippen LogP contribution < -0.4 is 5.32 Å². The molecule has 1 heterocycles. The molecule has 0 aromatic carbocycles. The molecular formula is C16H26N2O3. The molecule has 118 valence electrons. The van der Waals surface area contributed by atoms with E-state index in [2.05, 4.69) is 5.32 Å². The lowest BCUT2D eigenvalue weighted by Crippen LogP contribution is -2.42. The highest BCUT2D eigenvalue weighted by Gasteiger charge is 2.55. The Balaban J connectivity index is 1.49. The molecule has 3 aliphatic rings. The van der Waals surface area contributed by atoms with Crippen molar-refractivity contribution in [1.29, 1.82) is 0 Å². The van der Waals surface area contributed by atoms with Gasteiger partial charge in [0.25, 0.3) is 0 Å². The fraction of sp³-hybridized carbons (Fsp3) is 0.875. The highest BCUT2D eigenvalue weighted by molar-refractivity contribution is 5.80. The Morgan fingerprint density at radius 2 is 1.95 bits per heavy atom. The number of rotatable bonds is 4. The molecule has 2 N–H and O–H groups in total. The number of carboxylic acids is 1. The summed E-state index contributed by atoms with van der Waals surface area (Å²) in [5, 5.41) is 12.5. The van der Waals surface area contributed by atoms with Gasteiger partial charge in [-0.2, -0.15) is 0 Å². The van der Waals surface area contributed by atoms with Crippen LogP contribution in [0.5, 0.6) is 0 Å². The molecule has 21 heavy (non-hydrogen) atoms. The second-order valence-electron chi connectivity index (χ2n) is 7.10. The van der Waals surface area contributed by atoms with Gasteiger partial charge in [0.15, 0.2) is 0 Å². The number of likely N-dealkylation sites (tertiary alicyclic amines) is 1. The zero-order valence-corrected chi connectivity index (χ0v) is 12.6. The Labute approximate surface area is 126 Å². The number of nitrogens with one attached hydrogen (secondary N) is 1. The Morgan fingerprint density at radius 1 is 1.19 bits per heavy atom. The van der Waals surface area contributed by atoms with E-state index in [0.29, 0.717) is 13.1 Å². The number of carbonyl (C=O) groups is 2. The van der Waals surface area contributed by atoms with Gasteiger partial charge in [-0.15, -0.1) is 0 Å². The number of nitrogens with zero attached hydrogens (tertiary/aromatic N) is 1. The standard InChI is InChI=1S/C16H26N2O3/c19-14(20)16-8-3-6-13(16)10-18(11-16)15(21)17-9-7-12-4-1-2-5-12/h12-13H,1-11H2,(H,17,21)(H,19,20)/t13-,16+/m0/s1. The Kier molecular flexibility index (Phi) is 4.09. The lowest BCUT2D eigenvalue weighted by molar-refractivity contribution is -0.149. The molecule has 0 unspecified atom stereocenters. The van der Waals surface area contributed by atoms with E-state index >= 15 is 0 Å². The number of hydrogen-bond donors (Lipinski definition) is 2. The van der Waals surface area contributed by atoms with Crippen LogP contribution >= 0.6 is 0 Å². The molecule has 0 radical (unpaired) electrons. The molecule has 5 nitrogen and oxygen atoms in total. The van der Waals surface area contributed by atoms with Crippen LogP contribution in [0.15, 0.2) is 0 Å². The Morgan fingerprint density at radius 3 is 2.62 bits per heavy atom. The van der Waals surface area contributed by atoms with Gasteiger partial charge in [-0.25, -0.2) is 4.79 Å². The summed E-state index contributed by atoms with van der Waals surface area (Å²) in [4.78, 5) is 25.6. The molecule has 0 spiro atoms. The maximum Gasteiger partial charge on any atom is 0.317 e. The number of aliphatic carboxylic acids is 1. The predicted octanol–water partition coefficient (Wildman–Crippen LogP) is 2.46. The maximum absolute atomic E-state index is 12.2. The Hall–Kier alpha value is -1.26. The topological polar surface area (TPSA) is 69.6 Å². The highest BCUT2D eigenvalue weighted by atomic mass is 16.4. The molecule has 0 bridgehead atoms.